The highest BCUT2D eigenvalue weighted by Crippen LogP contribution is 2.17. The summed E-state index contributed by atoms with van der Waals surface area (Å²) in [5, 5.41) is 15.4. The van der Waals surface area contributed by atoms with Crippen molar-refractivity contribution in [2.75, 3.05) is 23.8 Å². The normalized spacial score (nSPS) is 12.6. The second-order valence-corrected chi connectivity index (χ2v) is 4.74. The van der Waals surface area contributed by atoms with Crippen LogP contribution in [-0.2, 0) is 0 Å². The number of anilines is 2. The molecule has 0 spiro atoms. The van der Waals surface area contributed by atoms with Gasteiger partial charge in [-0.15, -0.1) is 0 Å². The standard InChI is InChI=1S/C13H24N4O/c1-5-14-11-8-12(15-10(4)6-7-18)17-13(16-11)9(2)3/h8-10,18H,5-7H2,1-4H3,(H2,14,15,16,17). The van der Waals surface area contributed by atoms with Crippen LogP contribution in [0.5, 0.6) is 0 Å². The van der Waals surface area contributed by atoms with Crippen LogP contribution in [0.4, 0.5) is 11.6 Å². The van der Waals surface area contributed by atoms with Gasteiger partial charge in [0.2, 0.25) is 0 Å². The van der Waals surface area contributed by atoms with Crippen LogP contribution in [0.2, 0.25) is 0 Å². The molecule has 102 valence electrons. The Morgan fingerprint density at radius 1 is 1.22 bits per heavy atom. The van der Waals surface area contributed by atoms with Crippen molar-refractivity contribution in [2.45, 2.75) is 46.1 Å². The molecule has 0 fully saturated rings. The van der Waals surface area contributed by atoms with Crippen molar-refractivity contribution in [3.05, 3.63) is 11.9 Å². The first-order chi connectivity index (χ1) is 8.56. The predicted octanol–water partition coefficient (Wildman–Crippen LogP) is 2.21. The van der Waals surface area contributed by atoms with Gasteiger partial charge in [0.05, 0.1) is 0 Å². The van der Waals surface area contributed by atoms with Crippen LogP contribution in [0.1, 0.15) is 45.9 Å². The van der Waals surface area contributed by atoms with Gasteiger partial charge in [0.25, 0.3) is 0 Å². The Bertz CT molecular complexity index is 368. The van der Waals surface area contributed by atoms with Crippen LogP contribution in [0.3, 0.4) is 0 Å². The largest absolute Gasteiger partial charge is 0.396 e. The SMILES string of the molecule is CCNc1cc(NC(C)CCO)nc(C(C)C)n1. The van der Waals surface area contributed by atoms with Crippen molar-refractivity contribution in [1.29, 1.82) is 0 Å². The number of aromatic nitrogens is 2. The lowest BCUT2D eigenvalue weighted by Crippen LogP contribution is -2.18. The molecule has 0 aliphatic rings. The smallest absolute Gasteiger partial charge is 0.135 e. The van der Waals surface area contributed by atoms with Gasteiger partial charge in [-0.3, -0.25) is 0 Å². The van der Waals surface area contributed by atoms with E-state index in [9.17, 15) is 0 Å². The van der Waals surface area contributed by atoms with Crippen LogP contribution < -0.4 is 10.6 Å². The van der Waals surface area contributed by atoms with Gasteiger partial charge in [-0.25, -0.2) is 9.97 Å². The van der Waals surface area contributed by atoms with E-state index in [0.29, 0.717) is 6.42 Å². The summed E-state index contributed by atoms with van der Waals surface area (Å²) in [6, 6.07) is 2.10. The van der Waals surface area contributed by atoms with E-state index in [-0.39, 0.29) is 18.6 Å². The summed E-state index contributed by atoms with van der Waals surface area (Å²) in [5.74, 6) is 2.77. The molecule has 1 unspecified atom stereocenters. The average Bonchev–Trinajstić information content (AvgIpc) is 2.29. The van der Waals surface area contributed by atoms with E-state index in [2.05, 4.69) is 34.4 Å². The lowest BCUT2D eigenvalue weighted by atomic mass is 10.2. The molecule has 3 N–H and O–H groups in total. The highest BCUT2D eigenvalue weighted by Gasteiger charge is 2.09. The zero-order valence-electron chi connectivity index (χ0n) is 11.7. The Labute approximate surface area is 109 Å². The molecule has 5 nitrogen and oxygen atoms in total. The first kappa shape index (κ1) is 14.7. The van der Waals surface area contributed by atoms with E-state index in [1.807, 2.05) is 19.9 Å². The molecule has 1 heterocycles. The first-order valence-corrected chi connectivity index (χ1v) is 6.57. The molecule has 0 saturated carbocycles. The van der Waals surface area contributed by atoms with Crippen molar-refractivity contribution < 1.29 is 5.11 Å². The van der Waals surface area contributed by atoms with Gasteiger partial charge < -0.3 is 15.7 Å². The number of hydrogen-bond acceptors (Lipinski definition) is 5. The summed E-state index contributed by atoms with van der Waals surface area (Å²) in [5.41, 5.74) is 0. The van der Waals surface area contributed by atoms with Gasteiger partial charge in [-0.1, -0.05) is 13.8 Å². The monoisotopic (exact) mass is 252 g/mol. The second kappa shape index (κ2) is 7.16. The quantitative estimate of drug-likeness (QED) is 0.694. The predicted molar refractivity (Wildman–Crippen MR) is 75.1 cm³/mol. The molecule has 0 radical (unpaired) electrons. The van der Waals surface area contributed by atoms with Crippen molar-refractivity contribution in [2.24, 2.45) is 0 Å². The molecule has 0 aliphatic carbocycles. The third kappa shape index (κ3) is 4.49. The number of nitrogens with one attached hydrogen (secondary N) is 2. The van der Waals surface area contributed by atoms with Gasteiger partial charge >= 0.3 is 0 Å². The fourth-order valence-electron chi connectivity index (χ4n) is 1.59. The lowest BCUT2D eigenvalue weighted by Gasteiger charge is -2.16. The third-order valence-corrected chi connectivity index (χ3v) is 2.57. The number of hydrogen-bond donors (Lipinski definition) is 3. The molecule has 18 heavy (non-hydrogen) atoms. The Balaban J connectivity index is 2.88. The molecule has 5 heteroatoms. The zero-order valence-corrected chi connectivity index (χ0v) is 11.7. The molecule has 1 aromatic rings. The number of aliphatic hydroxyl groups is 1. The molecule has 1 atom stereocenters. The van der Waals surface area contributed by atoms with Gasteiger partial charge in [0.1, 0.15) is 17.5 Å². The van der Waals surface area contributed by atoms with Crippen molar-refractivity contribution in [3.63, 3.8) is 0 Å². The maximum Gasteiger partial charge on any atom is 0.135 e. The first-order valence-electron chi connectivity index (χ1n) is 6.57. The Kier molecular flexibility index (Phi) is 5.85. The molecule has 1 rings (SSSR count). The van der Waals surface area contributed by atoms with Gasteiger partial charge in [0, 0.05) is 31.2 Å². The highest BCUT2D eigenvalue weighted by molar-refractivity contribution is 5.48. The van der Waals surface area contributed by atoms with E-state index < -0.39 is 0 Å². The number of rotatable bonds is 7. The molecule has 0 amide bonds. The van der Waals surface area contributed by atoms with E-state index >= 15 is 0 Å². The number of nitrogens with zero attached hydrogens (tertiary/aromatic N) is 2. The maximum absolute atomic E-state index is 8.91. The fourth-order valence-corrected chi connectivity index (χ4v) is 1.59. The van der Waals surface area contributed by atoms with Gasteiger partial charge in [-0.2, -0.15) is 0 Å². The number of aliphatic hydroxyl groups excluding tert-OH is 1. The fraction of sp³-hybridized carbons (Fsp3) is 0.692. The van der Waals surface area contributed by atoms with E-state index in [0.717, 1.165) is 24.0 Å². The highest BCUT2D eigenvalue weighted by atomic mass is 16.3. The summed E-state index contributed by atoms with van der Waals surface area (Å²) >= 11 is 0. The molecule has 0 bridgehead atoms. The van der Waals surface area contributed by atoms with Crippen LogP contribution in [-0.4, -0.2) is 34.3 Å². The lowest BCUT2D eigenvalue weighted by molar-refractivity contribution is 0.282. The summed E-state index contributed by atoms with van der Waals surface area (Å²) in [6.45, 7) is 9.23. The van der Waals surface area contributed by atoms with Crippen molar-refractivity contribution in [3.8, 4) is 0 Å². The molecule has 0 aromatic carbocycles. The molecular formula is C13H24N4O. The van der Waals surface area contributed by atoms with E-state index in [1.165, 1.54) is 0 Å². The topological polar surface area (TPSA) is 70.1 Å². The second-order valence-electron chi connectivity index (χ2n) is 4.74. The summed E-state index contributed by atoms with van der Waals surface area (Å²) in [4.78, 5) is 8.96. The Morgan fingerprint density at radius 3 is 2.44 bits per heavy atom. The zero-order chi connectivity index (χ0) is 13.5. The van der Waals surface area contributed by atoms with Crippen LogP contribution in [0, 0.1) is 0 Å². The van der Waals surface area contributed by atoms with Crippen LogP contribution >= 0.6 is 0 Å². The molecule has 0 aliphatic heterocycles. The van der Waals surface area contributed by atoms with E-state index in [4.69, 9.17) is 5.11 Å². The van der Waals surface area contributed by atoms with Crippen LogP contribution in [0.25, 0.3) is 0 Å². The summed E-state index contributed by atoms with van der Waals surface area (Å²) < 4.78 is 0. The average molecular weight is 252 g/mol. The minimum atomic E-state index is 0.177. The molecule has 1 aromatic heterocycles. The van der Waals surface area contributed by atoms with Crippen molar-refractivity contribution >= 4 is 11.6 Å². The van der Waals surface area contributed by atoms with E-state index in [1.54, 1.807) is 0 Å². The molecular weight excluding hydrogens is 228 g/mol. The summed E-state index contributed by atoms with van der Waals surface area (Å²) in [6.07, 6.45) is 0.706. The van der Waals surface area contributed by atoms with Gasteiger partial charge in [0.15, 0.2) is 0 Å². The third-order valence-electron chi connectivity index (χ3n) is 2.57. The Hall–Kier alpha value is -1.36. The summed E-state index contributed by atoms with van der Waals surface area (Å²) in [7, 11) is 0. The Morgan fingerprint density at radius 2 is 1.89 bits per heavy atom. The minimum Gasteiger partial charge on any atom is -0.396 e. The van der Waals surface area contributed by atoms with Crippen LogP contribution in [0.15, 0.2) is 6.07 Å². The maximum atomic E-state index is 8.91. The van der Waals surface area contributed by atoms with Crippen molar-refractivity contribution in [1.82, 2.24) is 9.97 Å². The van der Waals surface area contributed by atoms with Gasteiger partial charge in [-0.05, 0) is 20.3 Å². The minimum absolute atomic E-state index is 0.177. The molecule has 0 saturated heterocycles.